The van der Waals surface area contributed by atoms with Gasteiger partial charge in [-0.25, -0.2) is 0 Å². The Balaban J connectivity index is 2.03. The van der Waals surface area contributed by atoms with Gasteiger partial charge in [-0.3, -0.25) is 0 Å². The summed E-state index contributed by atoms with van der Waals surface area (Å²) in [5, 5.41) is 0. The lowest BCUT2D eigenvalue weighted by Crippen LogP contribution is -2.02. The zero-order chi connectivity index (χ0) is 10.7. The Morgan fingerprint density at radius 1 is 1.07 bits per heavy atom. The lowest BCUT2D eigenvalue weighted by molar-refractivity contribution is -0.0498. The van der Waals surface area contributed by atoms with Gasteiger partial charge in [0.15, 0.2) is 0 Å². The van der Waals surface area contributed by atoms with E-state index in [1.165, 1.54) is 31.2 Å². The number of benzene rings is 1. The lowest BCUT2D eigenvalue weighted by Gasteiger charge is -2.10. The van der Waals surface area contributed by atoms with Crippen molar-refractivity contribution in [1.29, 1.82) is 0 Å². The largest absolute Gasteiger partial charge is 0.435 e. The fourth-order valence-corrected chi connectivity index (χ4v) is 2.18. The molecule has 82 valence electrons. The average Bonchev–Trinajstić information content (AvgIpc) is 2.71. The van der Waals surface area contributed by atoms with Crippen LogP contribution in [0.2, 0.25) is 0 Å². The molecular weight excluding hydrogens is 198 g/mol. The smallest absolute Gasteiger partial charge is 0.387 e. The molecule has 0 aliphatic heterocycles. The van der Waals surface area contributed by atoms with E-state index >= 15 is 0 Å². The summed E-state index contributed by atoms with van der Waals surface area (Å²) in [4.78, 5) is 0. The molecule has 1 nitrogen and oxygen atoms in total. The highest BCUT2D eigenvalue weighted by atomic mass is 19.3. The molecule has 0 saturated heterocycles. The summed E-state index contributed by atoms with van der Waals surface area (Å²) in [6.45, 7) is -2.73. The minimum absolute atomic E-state index is 0.242. The Bertz CT molecular complexity index is 302. The summed E-state index contributed by atoms with van der Waals surface area (Å²) in [5.41, 5.74) is 1.24. The van der Waals surface area contributed by atoms with E-state index in [9.17, 15) is 8.78 Å². The zero-order valence-electron chi connectivity index (χ0n) is 8.46. The predicted octanol–water partition coefficient (Wildman–Crippen LogP) is 3.95. The van der Waals surface area contributed by atoms with Crippen LogP contribution in [0, 0.1) is 0 Å². The van der Waals surface area contributed by atoms with Crippen molar-refractivity contribution in [2.45, 2.75) is 38.2 Å². The van der Waals surface area contributed by atoms with Crippen LogP contribution in [0.5, 0.6) is 5.75 Å². The molecule has 0 unspecified atom stereocenters. The lowest BCUT2D eigenvalue weighted by atomic mass is 9.98. The van der Waals surface area contributed by atoms with Crippen molar-refractivity contribution in [3.05, 3.63) is 29.8 Å². The first-order valence-corrected chi connectivity index (χ1v) is 5.30. The molecular formula is C12H14F2O. The second-order valence-corrected chi connectivity index (χ2v) is 3.93. The minimum atomic E-state index is -2.73. The van der Waals surface area contributed by atoms with Crippen molar-refractivity contribution in [3.8, 4) is 5.75 Å². The monoisotopic (exact) mass is 212 g/mol. The summed E-state index contributed by atoms with van der Waals surface area (Å²) in [6, 6.07) is 7.04. The van der Waals surface area contributed by atoms with E-state index in [2.05, 4.69) is 4.74 Å². The van der Waals surface area contributed by atoms with E-state index in [1.807, 2.05) is 12.1 Å². The number of ether oxygens (including phenoxy) is 1. The first-order valence-electron chi connectivity index (χ1n) is 5.30. The van der Waals surface area contributed by atoms with Crippen LogP contribution in [-0.4, -0.2) is 6.61 Å². The molecule has 2 rings (SSSR count). The van der Waals surface area contributed by atoms with E-state index in [0.717, 1.165) is 0 Å². The van der Waals surface area contributed by atoms with Gasteiger partial charge in [-0.05, 0) is 36.5 Å². The maximum Gasteiger partial charge on any atom is 0.387 e. The van der Waals surface area contributed by atoms with Gasteiger partial charge in [0.25, 0.3) is 0 Å². The Morgan fingerprint density at radius 3 is 2.20 bits per heavy atom. The molecule has 1 aliphatic rings. The Hall–Kier alpha value is -1.12. The Kier molecular flexibility index (Phi) is 3.19. The predicted molar refractivity (Wildman–Crippen MR) is 54.3 cm³/mol. The van der Waals surface area contributed by atoms with Crippen LogP contribution in [0.1, 0.15) is 37.2 Å². The van der Waals surface area contributed by atoms with E-state index in [-0.39, 0.29) is 5.75 Å². The zero-order valence-corrected chi connectivity index (χ0v) is 8.46. The summed E-state index contributed by atoms with van der Waals surface area (Å²) in [6.07, 6.45) is 4.99. The van der Waals surface area contributed by atoms with Gasteiger partial charge in [-0.2, -0.15) is 8.78 Å². The maximum atomic E-state index is 11.9. The third-order valence-electron chi connectivity index (χ3n) is 2.93. The second kappa shape index (κ2) is 4.60. The third-order valence-corrected chi connectivity index (χ3v) is 2.93. The molecule has 1 fully saturated rings. The van der Waals surface area contributed by atoms with E-state index < -0.39 is 6.61 Å². The fourth-order valence-electron chi connectivity index (χ4n) is 2.18. The van der Waals surface area contributed by atoms with E-state index in [1.54, 1.807) is 12.1 Å². The van der Waals surface area contributed by atoms with Crippen molar-refractivity contribution in [3.63, 3.8) is 0 Å². The Labute approximate surface area is 88.1 Å². The molecule has 0 heterocycles. The molecule has 15 heavy (non-hydrogen) atoms. The summed E-state index contributed by atoms with van der Waals surface area (Å²) in [5.74, 6) is 0.859. The van der Waals surface area contributed by atoms with Crippen molar-refractivity contribution in [2.75, 3.05) is 0 Å². The van der Waals surface area contributed by atoms with Gasteiger partial charge in [0.1, 0.15) is 5.75 Å². The summed E-state index contributed by atoms with van der Waals surface area (Å²) >= 11 is 0. The van der Waals surface area contributed by atoms with Gasteiger partial charge in [-0.1, -0.05) is 25.0 Å². The minimum Gasteiger partial charge on any atom is -0.435 e. The first kappa shape index (κ1) is 10.4. The quantitative estimate of drug-likeness (QED) is 0.737. The molecule has 1 saturated carbocycles. The summed E-state index contributed by atoms with van der Waals surface area (Å²) < 4.78 is 28.1. The third kappa shape index (κ3) is 2.67. The molecule has 0 bridgehead atoms. The van der Waals surface area contributed by atoms with Gasteiger partial charge in [-0.15, -0.1) is 0 Å². The fraction of sp³-hybridized carbons (Fsp3) is 0.500. The van der Waals surface area contributed by atoms with Crippen LogP contribution in [0.25, 0.3) is 0 Å². The normalized spacial score (nSPS) is 17.3. The molecule has 3 heteroatoms. The number of hydrogen-bond donors (Lipinski definition) is 0. The number of hydrogen-bond acceptors (Lipinski definition) is 1. The van der Waals surface area contributed by atoms with Gasteiger partial charge in [0.2, 0.25) is 0 Å². The van der Waals surface area contributed by atoms with E-state index in [0.29, 0.717) is 5.92 Å². The molecule has 0 spiro atoms. The van der Waals surface area contributed by atoms with Crippen molar-refractivity contribution in [2.24, 2.45) is 0 Å². The maximum absolute atomic E-state index is 11.9. The number of rotatable bonds is 3. The van der Waals surface area contributed by atoms with E-state index in [4.69, 9.17) is 0 Å². The van der Waals surface area contributed by atoms with Gasteiger partial charge in [0.05, 0.1) is 0 Å². The van der Waals surface area contributed by atoms with Gasteiger partial charge < -0.3 is 4.74 Å². The highest BCUT2D eigenvalue weighted by Gasteiger charge is 2.16. The van der Waals surface area contributed by atoms with Crippen molar-refractivity contribution in [1.82, 2.24) is 0 Å². The van der Waals surface area contributed by atoms with Crippen LogP contribution in [0.4, 0.5) is 8.78 Å². The standard InChI is InChI=1S/C12H14F2O/c13-12(14)15-11-7-5-10(6-8-11)9-3-1-2-4-9/h5-9,12H,1-4H2. The van der Waals surface area contributed by atoms with Crippen LogP contribution in [-0.2, 0) is 0 Å². The summed E-state index contributed by atoms with van der Waals surface area (Å²) in [7, 11) is 0. The van der Waals surface area contributed by atoms with Gasteiger partial charge >= 0.3 is 6.61 Å². The molecule has 0 atom stereocenters. The van der Waals surface area contributed by atoms with Crippen LogP contribution in [0.15, 0.2) is 24.3 Å². The van der Waals surface area contributed by atoms with Crippen molar-refractivity contribution >= 4 is 0 Å². The topological polar surface area (TPSA) is 9.23 Å². The molecule has 0 aromatic heterocycles. The van der Waals surface area contributed by atoms with Gasteiger partial charge in [0, 0.05) is 0 Å². The molecule has 0 amide bonds. The Morgan fingerprint density at radius 2 is 1.67 bits per heavy atom. The number of alkyl halides is 2. The average molecular weight is 212 g/mol. The van der Waals surface area contributed by atoms with Crippen molar-refractivity contribution < 1.29 is 13.5 Å². The van der Waals surface area contributed by atoms with Crippen LogP contribution < -0.4 is 4.74 Å². The van der Waals surface area contributed by atoms with Crippen LogP contribution >= 0.6 is 0 Å². The SMILES string of the molecule is FC(F)Oc1ccc(C2CCCC2)cc1. The second-order valence-electron chi connectivity index (χ2n) is 3.93. The molecule has 0 N–H and O–H groups in total. The molecule has 0 radical (unpaired) electrons. The number of halogens is 2. The molecule has 1 aromatic carbocycles. The molecule has 1 aromatic rings. The first-order chi connectivity index (χ1) is 7.25. The highest BCUT2D eigenvalue weighted by Crippen LogP contribution is 2.34. The molecule has 1 aliphatic carbocycles. The van der Waals surface area contributed by atoms with Crippen LogP contribution in [0.3, 0.4) is 0 Å². The highest BCUT2D eigenvalue weighted by molar-refractivity contribution is 5.29.